The van der Waals surface area contributed by atoms with Crippen LogP contribution in [0, 0.1) is 13.8 Å². The van der Waals surface area contributed by atoms with E-state index in [1.807, 2.05) is 38.1 Å². The van der Waals surface area contributed by atoms with Crippen LogP contribution in [0.2, 0.25) is 0 Å². The van der Waals surface area contributed by atoms with E-state index in [1.54, 1.807) is 43.3 Å². The molecule has 3 aromatic carbocycles. The van der Waals surface area contributed by atoms with Crippen molar-refractivity contribution in [2.24, 2.45) is 0 Å². The van der Waals surface area contributed by atoms with Crippen LogP contribution in [-0.2, 0) is 0 Å². The van der Waals surface area contributed by atoms with E-state index in [9.17, 15) is 14.4 Å². The fourth-order valence-electron chi connectivity index (χ4n) is 2.96. The number of rotatable bonds is 7. The maximum atomic E-state index is 12.8. The van der Waals surface area contributed by atoms with Crippen molar-refractivity contribution in [3.63, 3.8) is 0 Å². The summed E-state index contributed by atoms with van der Waals surface area (Å²) in [5.41, 5.74) is 2.97. The van der Waals surface area contributed by atoms with Crippen LogP contribution < -0.4 is 9.47 Å². The molecule has 0 unspecified atom stereocenters. The van der Waals surface area contributed by atoms with Gasteiger partial charge in [-0.15, -0.1) is 0 Å². The highest BCUT2D eigenvalue weighted by Gasteiger charge is 2.19. The van der Waals surface area contributed by atoms with Gasteiger partial charge in [-0.3, -0.25) is 4.79 Å². The Morgan fingerprint density at radius 2 is 1.22 bits per heavy atom. The fourth-order valence-corrected chi connectivity index (χ4v) is 2.96. The summed E-state index contributed by atoms with van der Waals surface area (Å²) in [6.45, 7) is 3.95. The quantitative estimate of drug-likeness (QED) is 0.312. The minimum Gasteiger partial charge on any atom is -0.423 e. The smallest absolute Gasteiger partial charge is 0.343 e. The summed E-state index contributed by atoms with van der Waals surface area (Å²) >= 11 is 0. The topological polar surface area (TPSA) is 72.9 Å². The highest BCUT2D eigenvalue weighted by molar-refractivity contribution is 6.02. The summed E-state index contributed by atoms with van der Waals surface area (Å²) in [6.07, 6.45) is 0. The van der Waals surface area contributed by atoms with E-state index in [2.05, 4.69) is 0 Å². The fraction of sp³-hybridized carbons (Fsp3) is 0.192. The number of Topliss-reactive ketones (excluding diaryl/α,β-unsaturated/α-hetero) is 1. The van der Waals surface area contributed by atoms with Gasteiger partial charge in [0, 0.05) is 0 Å². The van der Waals surface area contributed by atoms with Gasteiger partial charge >= 0.3 is 11.9 Å². The van der Waals surface area contributed by atoms with Crippen molar-refractivity contribution in [1.29, 1.82) is 0 Å². The van der Waals surface area contributed by atoms with Gasteiger partial charge in [0.15, 0.2) is 5.78 Å². The molecule has 0 aromatic heterocycles. The Balaban J connectivity index is 1.87. The summed E-state index contributed by atoms with van der Waals surface area (Å²) in [4.78, 5) is 39.5. The predicted molar refractivity (Wildman–Crippen MR) is 122 cm³/mol. The molecule has 0 heterocycles. The summed E-state index contributed by atoms with van der Waals surface area (Å²) < 4.78 is 11.0. The van der Waals surface area contributed by atoms with E-state index < -0.39 is 11.9 Å². The number of carbonyl (C=O) groups excluding carboxylic acids is 3. The molecule has 0 radical (unpaired) electrons. The molecule has 3 rings (SSSR count). The number of ether oxygens (including phenoxy) is 2. The maximum absolute atomic E-state index is 12.8. The van der Waals surface area contributed by atoms with Crippen LogP contribution in [0.1, 0.15) is 42.2 Å². The summed E-state index contributed by atoms with van der Waals surface area (Å²) in [5.74, 6) is -1.09. The van der Waals surface area contributed by atoms with Crippen LogP contribution in [0.4, 0.5) is 0 Å². The maximum Gasteiger partial charge on any atom is 0.343 e. The van der Waals surface area contributed by atoms with Gasteiger partial charge in [0.25, 0.3) is 0 Å². The molecule has 164 valence electrons. The minimum atomic E-state index is -0.576. The molecular weight excluding hydrogens is 406 g/mol. The number of ketones is 1. The number of nitrogens with zero attached hydrogens (tertiary/aromatic N) is 1. The highest BCUT2D eigenvalue weighted by Crippen LogP contribution is 2.27. The van der Waals surface area contributed by atoms with E-state index in [1.165, 1.54) is 18.2 Å². The van der Waals surface area contributed by atoms with Gasteiger partial charge in [-0.25, -0.2) is 9.59 Å². The van der Waals surface area contributed by atoms with Crippen LogP contribution in [0.25, 0.3) is 0 Å². The van der Waals surface area contributed by atoms with E-state index in [4.69, 9.17) is 9.47 Å². The first-order valence-corrected chi connectivity index (χ1v) is 10.1. The Kier molecular flexibility index (Phi) is 7.18. The van der Waals surface area contributed by atoms with Crippen LogP contribution in [0.15, 0.2) is 66.7 Å². The molecule has 6 nitrogen and oxygen atoms in total. The molecular formula is C26H25NO5. The average molecular weight is 431 g/mol. The van der Waals surface area contributed by atoms with Gasteiger partial charge in [0.1, 0.15) is 11.5 Å². The minimum absolute atomic E-state index is 0.102. The van der Waals surface area contributed by atoms with Gasteiger partial charge in [-0.1, -0.05) is 35.4 Å². The molecule has 0 aliphatic carbocycles. The van der Waals surface area contributed by atoms with Crippen LogP contribution in [0.5, 0.6) is 11.5 Å². The lowest BCUT2D eigenvalue weighted by Gasteiger charge is -2.14. The number of benzene rings is 3. The zero-order chi connectivity index (χ0) is 23.3. The number of esters is 2. The SMILES string of the molecule is Cc1ccc(C(=O)Oc2ccc(OC(=O)c3ccc(C)cc3)c(C(=O)CN(C)C)c2)cc1. The van der Waals surface area contributed by atoms with Gasteiger partial charge in [0.05, 0.1) is 23.2 Å². The van der Waals surface area contributed by atoms with Crippen molar-refractivity contribution in [2.45, 2.75) is 13.8 Å². The summed E-state index contributed by atoms with van der Waals surface area (Å²) in [7, 11) is 3.52. The Labute approximate surface area is 187 Å². The van der Waals surface area contributed by atoms with E-state index >= 15 is 0 Å². The molecule has 0 aliphatic heterocycles. The number of hydrogen-bond acceptors (Lipinski definition) is 6. The second-order valence-corrected chi connectivity index (χ2v) is 7.83. The molecule has 3 aromatic rings. The van der Waals surface area contributed by atoms with E-state index in [0.29, 0.717) is 11.1 Å². The predicted octanol–water partition coefficient (Wildman–Crippen LogP) is 4.49. The van der Waals surface area contributed by atoms with Gasteiger partial charge in [-0.05, 0) is 70.4 Å². The molecule has 0 saturated carbocycles. The first kappa shape index (κ1) is 22.9. The Morgan fingerprint density at radius 1 is 0.719 bits per heavy atom. The van der Waals surface area contributed by atoms with E-state index in [0.717, 1.165) is 11.1 Å². The number of carbonyl (C=O) groups is 3. The van der Waals surface area contributed by atoms with Gasteiger partial charge in [-0.2, -0.15) is 0 Å². The van der Waals surface area contributed by atoms with Crippen LogP contribution in [0.3, 0.4) is 0 Å². The monoisotopic (exact) mass is 431 g/mol. The normalized spacial score (nSPS) is 10.7. The molecule has 6 heteroatoms. The van der Waals surface area contributed by atoms with Crippen molar-refractivity contribution in [3.05, 3.63) is 94.5 Å². The van der Waals surface area contributed by atoms with Crippen LogP contribution >= 0.6 is 0 Å². The molecule has 0 bridgehead atoms. The largest absolute Gasteiger partial charge is 0.423 e. The van der Waals surface area contributed by atoms with Crippen molar-refractivity contribution >= 4 is 17.7 Å². The van der Waals surface area contributed by atoms with Crippen molar-refractivity contribution in [3.8, 4) is 11.5 Å². The lowest BCUT2D eigenvalue weighted by molar-refractivity contribution is 0.0715. The molecule has 0 fully saturated rings. The molecule has 0 aliphatic rings. The molecule has 0 saturated heterocycles. The van der Waals surface area contributed by atoms with Crippen molar-refractivity contribution in [2.75, 3.05) is 20.6 Å². The Morgan fingerprint density at radius 3 is 1.72 bits per heavy atom. The third-order valence-corrected chi connectivity index (χ3v) is 4.70. The zero-order valence-electron chi connectivity index (χ0n) is 18.5. The molecule has 0 atom stereocenters. The Hall–Kier alpha value is -3.77. The van der Waals surface area contributed by atoms with Crippen molar-refractivity contribution in [1.82, 2.24) is 4.90 Å². The molecule has 0 spiro atoms. The Bertz CT molecular complexity index is 1130. The molecule has 0 N–H and O–H groups in total. The second kappa shape index (κ2) is 10.0. The number of hydrogen-bond donors (Lipinski definition) is 0. The lowest BCUT2D eigenvalue weighted by Crippen LogP contribution is -2.23. The van der Waals surface area contributed by atoms with E-state index in [-0.39, 0.29) is 29.4 Å². The molecule has 0 amide bonds. The zero-order valence-corrected chi connectivity index (χ0v) is 18.5. The third kappa shape index (κ3) is 5.89. The first-order valence-electron chi connectivity index (χ1n) is 10.1. The van der Waals surface area contributed by atoms with Gasteiger partial charge in [0.2, 0.25) is 0 Å². The first-order chi connectivity index (χ1) is 15.2. The standard InChI is InChI=1S/C26H25NO5/c1-17-5-9-19(10-6-17)25(29)31-21-13-14-24(22(15-21)23(28)16-27(3)4)32-26(30)20-11-7-18(2)8-12-20/h5-15H,16H2,1-4H3. The summed E-state index contributed by atoms with van der Waals surface area (Å²) in [6, 6.07) is 18.3. The van der Waals surface area contributed by atoms with Gasteiger partial charge < -0.3 is 14.4 Å². The average Bonchev–Trinajstić information content (AvgIpc) is 2.75. The number of likely N-dealkylation sites (N-methyl/N-ethyl adjacent to an activating group) is 1. The third-order valence-electron chi connectivity index (χ3n) is 4.70. The lowest BCUT2D eigenvalue weighted by atomic mass is 10.1. The highest BCUT2D eigenvalue weighted by atomic mass is 16.5. The van der Waals surface area contributed by atoms with Crippen molar-refractivity contribution < 1.29 is 23.9 Å². The summed E-state index contributed by atoms with van der Waals surface area (Å²) in [5, 5.41) is 0. The second-order valence-electron chi connectivity index (χ2n) is 7.83. The molecule has 32 heavy (non-hydrogen) atoms. The number of aryl methyl sites for hydroxylation is 2. The van der Waals surface area contributed by atoms with Crippen LogP contribution in [-0.4, -0.2) is 43.3 Å².